The maximum atomic E-state index is 9.07. The number of aliphatic hydroxyl groups excluding tert-OH is 1. The molecule has 0 aliphatic rings. The highest BCUT2D eigenvalue weighted by Crippen LogP contribution is 2.29. The molecule has 4 heteroatoms. The first-order chi connectivity index (χ1) is 8.24. The Balaban J connectivity index is 2.33. The Bertz CT molecular complexity index is 496. The normalized spacial score (nSPS) is 10.5. The van der Waals surface area contributed by atoms with Crippen molar-refractivity contribution in [1.82, 2.24) is 4.98 Å². The van der Waals surface area contributed by atoms with E-state index in [1.54, 1.807) is 6.20 Å². The van der Waals surface area contributed by atoms with E-state index in [2.05, 4.69) is 41.9 Å². The molecular formula is C13H16N2OS. The van der Waals surface area contributed by atoms with Gasteiger partial charge >= 0.3 is 0 Å². The van der Waals surface area contributed by atoms with Crippen LogP contribution in [0.5, 0.6) is 0 Å². The van der Waals surface area contributed by atoms with Gasteiger partial charge in [0.1, 0.15) is 0 Å². The molecular weight excluding hydrogens is 232 g/mol. The molecule has 1 heterocycles. The maximum absolute atomic E-state index is 9.07. The second-order valence-electron chi connectivity index (χ2n) is 3.85. The standard InChI is InChI=1S/C13H16N2OS/c1-3-15(11-6-4-5-10(2)7-11)13-14-8-12(9-16)17-13/h4-8,16H,3,9H2,1-2H3. The number of thiazole rings is 1. The van der Waals surface area contributed by atoms with Gasteiger partial charge in [0.05, 0.1) is 11.5 Å². The summed E-state index contributed by atoms with van der Waals surface area (Å²) < 4.78 is 0. The number of rotatable bonds is 4. The Labute approximate surface area is 105 Å². The van der Waals surface area contributed by atoms with Gasteiger partial charge in [0.25, 0.3) is 0 Å². The van der Waals surface area contributed by atoms with E-state index in [1.807, 2.05) is 6.07 Å². The van der Waals surface area contributed by atoms with Crippen molar-refractivity contribution in [2.24, 2.45) is 0 Å². The van der Waals surface area contributed by atoms with Crippen LogP contribution >= 0.6 is 11.3 Å². The van der Waals surface area contributed by atoms with Crippen molar-refractivity contribution >= 4 is 22.2 Å². The van der Waals surface area contributed by atoms with E-state index in [0.717, 1.165) is 22.2 Å². The molecule has 1 aromatic carbocycles. The van der Waals surface area contributed by atoms with Gasteiger partial charge in [-0.05, 0) is 31.5 Å². The number of hydrogen-bond donors (Lipinski definition) is 1. The average Bonchev–Trinajstić information content (AvgIpc) is 2.79. The molecule has 0 radical (unpaired) electrons. The van der Waals surface area contributed by atoms with Crippen molar-refractivity contribution in [2.75, 3.05) is 11.4 Å². The van der Waals surface area contributed by atoms with Crippen LogP contribution in [0.2, 0.25) is 0 Å². The van der Waals surface area contributed by atoms with Crippen molar-refractivity contribution in [2.45, 2.75) is 20.5 Å². The fourth-order valence-electron chi connectivity index (χ4n) is 1.72. The van der Waals surface area contributed by atoms with Crippen LogP contribution in [0.15, 0.2) is 30.5 Å². The van der Waals surface area contributed by atoms with E-state index >= 15 is 0 Å². The van der Waals surface area contributed by atoms with E-state index in [1.165, 1.54) is 16.9 Å². The number of aromatic nitrogens is 1. The lowest BCUT2D eigenvalue weighted by Gasteiger charge is -2.20. The van der Waals surface area contributed by atoms with Crippen LogP contribution in [0.4, 0.5) is 10.8 Å². The topological polar surface area (TPSA) is 36.4 Å². The predicted molar refractivity (Wildman–Crippen MR) is 71.9 cm³/mol. The highest BCUT2D eigenvalue weighted by atomic mass is 32.1. The second kappa shape index (κ2) is 5.29. The van der Waals surface area contributed by atoms with Gasteiger partial charge < -0.3 is 10.0 Å². The Kier molecular flexibility index (Phi) is 3.76. The predicted octanol–water partition coefficient (Wildman–Crippen LogP) is 3.10. The molecule has 0 saturated carbocycles. The lowest BCUT2D eigenvalue weighted by molar-refractivity contribution is 0.285. The van der Waals surface area contributed by atoms with Gasteiger partial charge in [-0.25, -0.2) is 4.98 Å². The Hall–Kier alpha value is -1.39. The van der Waals surface area contributed by atoms with Gasteiger partial charge in [-0.2, -0.15) is 0 Å². The maximum Gasteiger partial charge on any atom is 0.190 e. The third-order valence-electron chi connectivity index (χ3n) is 2.56. The smallest absolute Gasteiger partial charge is 0.190 e. The first-order valence-corrected chi connectivity index (χ1v) is 6.46. The molecule has 17 heavy (non-hydrogen) atoms. The van der Waals surface area contributed by atoms with E-state index in [0.29, 0.717) is 0 Å². The van der Waals surface area contributed by atoms with E-state index in [9.17, 15) is 0 Å². The first-order valence-electron chi connectivity index (χ1n) is 5.64. The number of nitrogens with zero attached hydrogens (tertiary/aromatic N) is 2. The second-order valence-corrected chi connectivity index (χ2v) is 4.94. The molecule has 2 aromatic rings. The van der Waals surface area contributed by atoms with E-state index < -0.39 is 0 Å². The highest BCUT2D eigenvalue weighted by molar-refractivity contribution is 7.15. The molecule has 0 unspecified atom stereocenters. The van der Waals surface area contributed by atoms with E-state index in [-0.39, 0.29) is 6.61 Å². The molecule has 90 valence electrons. The number of hydrogen-bond acceptors (Lipinski definition) is 4. The van der Waals surface area contributed by atoms with Crippen molar-refractivity contribution in [1.29, 1.82) is 0 Å². The summed E-state index contributed by atoms with van der Waals surface area (Å²) >= 11 is 1.53. The summed E-state index contributed by atoms with van der Waals surface area (Å²) in [5.74, 6) is 0. The number of benzene rings is 1. The molecule has 3 nitrogen and oxygen atoms in total. The third kappa shape index (κ3) is 2.65. The molecule has 1 N–H and O–H groups in total. The largest absolute Gasteiger partial charge is 0.391 e. The van der Waals surface area contributed by atoms with Crippen molar-refractivity contribution < 1.29 is 5.11 Å². The lowest BCUT2D eigenvalue weighted by Crippen LogP contribution is -2.15. The molecule has 0 bridgehead atoms. The minimum Gasteiger partial charge on any atom is -0.391 e. The Morgan fingerprint density at radius 2 is 2.24 bits per heavy atom. The highest BCUT2D eigenvalue weighted by Gasteiger charge is 2.11. The zero-order chi connectivity index (χ0) is 12.3. The first kappa shape index (κ1) is 12.1. The van der Waals surface area contributed by atoms with Crippen LogP contribution in [0.1, 0.15) is 17.4 Å². The van der Waals surface area contributed by atoms with Crippen LogP contribution in [0, 0.1) is 6.92 Å². The zero-order valence-corrected chi connectivity index (χ0v) is 10.9. The minimum atomic E-state index is 0.0586. The van der Waals surface area contributed by atoms with E-state index in [4.69, 9.17) is 5.11 Å². The van der Waals surface area contributed by atoms with Crippen LogP contribution in [-0.4, -0.2) is 16.6 Å². The number of aryl methyl sites for hydroxylation is 1. The summed E-state index contributed by atoms with van der Waals surface area (Å²) in [5, 5.41) is 10.0. The summed E-state index contributed by atoms with van der Waals surface area (Å²) in [6.45, 7) is 5.10. The van der Waals surface area contributed by atoms with Gasteiger partial charge in [0.2, 0.25) is 0 Å². The van der Waals surface area contributed by atoms with Crippen LogP contribution in [0.25, 0.3) is 0 Å². The molecule has 2 rings (SSSR count). The monoisotopic (exact) mass is 248 g/mol. The van der Waals surface area contributed by atoms with Gasteiger partial charge in [0.15, 0.2) is 5.13 Å². The average molecular weight is 248 g/mol. The summed E-state index contributed by atoms with van der Waals surface area (Å²) in [6.07, 6.45) is 1.73. The molecule has 1 aromatic heterocycles. The van der Waals surface area contributed by atoms with Gasteiger partial charge in [-0.3, -0.25) is 0 Å². The summed E-state index contributed by atoms with van der Waals surface area (Å²) in [4.78, 5) is 7.39. The molecule has 0 amide bonds. The minimum absolute atomic E-state index is 0.0586. The molecule has 0 aliphatic carbocycles. The van der Waals surface area contributed by atoms with Crippen LogP contribution in [0.3, 0.4) is 0 Å². The fourth-order valence-corrected chi connectivity index (χ4v) is 2.57. The van der Waals surface area contributed by atoms with Gasteiger partial charge in [0, 0.05) is 18.4 Å². The Morgan fingerprint density at radius 1 is 1.41 bits per heavy atom. The summed E-state index contributed by atoms with van der Waals surface area (Å²) in [5.41, 5.74) is 2.38. The van der Waals surface area contributed by atoms with Crippen molar-refractivity contribution in [3.8, 4) is 0 Å². The quantitative estimate of drug-likeness (QED) is 0.903. The van der Waals surface area contributed by atoms with Crippen molar-refractivity contribution in [3.63, 3.8) is 0 Å². The van der Waals surface area contributed by atoms with Crippen LogP contribution in [-0.2, 0) is 6.61 Å². The molecule has 0 fully saturated rings. The number of aliphatic hydroxyl groups is 1. The molecule has 0 aliphatic heterocycles. The molecule has 0 spiro atoms. The van der Waals surface area contributed by atoms with Gasteiger partial charge in [-0.15, -0.1) is 0 Å². The SMILES string of the molecule is CCN(c1cccc(C)c1)c1ncc(CO)s1. The fraction of sp³-hybridized carbons (Fsp3) is 0.308. The van der Waals surface area contributed by atoms with Crippen LogP contribution < -0.4 is 4.90 Å². The Morgan fingerprint density at radius 3 is 2.82 bits per heavy atom. The molecule has 0 atom stereocenters. The lowest BCUT2D eigenvalue weighted by atomic mass is 10.2. The van der Waals surface area contributed by atoms with Crippen molar-refractivity contribution in [3.05, 3.63) is 40.9 Å². The number of anilines is 2. The third-order valence-corrected chi connectivity index (χ3v) is 3.56. The summed E-state index contributed by atoms with van der Waals surface area (Å²) in [7, 11) is 0. The molecule has 0 saturated heterocycles. The van der Waals surface area contributed by atoms with Gasteiger partial charge in [-0.1, -0.05) is 23.5 Å². The zero-order valence-electron chi connectivity index (χ0n) is 10.1. The summed E-state index contributed by atoms with van der Waals surface area (Å²) in [6, 6.07) is 8.35.